The van der Waals surface area contributed by atoms with Crippen LogP contribution < -0.4 is 4.72 Å². The van der Waals surface area contributed by atoms with Gasteiger partial charge in [0.1, 0.15) is 6.10 Å². The van der Waals surface area contributed by atoms with E-state index in [-0.39, 0.29) is 23.8 Å². The molecule has 0 radical (unpaired) electrons. The Labute approximate surface area is 138 Å². The number of rotatable bonds is 7. The lowest BCUT2D eigenvalue weighted by molar-refractivity contribution is -0.145. The largest absolute Gasteiger partial charge is 0.376 e. The fourth-order valence-corrected chi connectivity index (χ4v) is 3.82. The first-order valence-electron chi connectivity index (χ1n) is 8.43. The number of nitrogens with one attached hydrogen (secondary N) is 1. The molecule has 2 aliphatic rings. The minimum atomic E-state index is -3.18. The molecule has 2 unspecified atom stereocenters. The molecule has 2 aliphatic heterocycles. The number of carbonyl (C=O) groups excluding carboxylic acids is 1. The maximum absolute atomic E-state index is 12.4. The lowest BCUT2D eigenvalue weighted by atomic mass is 10.1. The van der Waals surface area contributed by atoms with Crippen molar-refractivity contribution in [1.29, 1.82) is 0 Å². The Morgan fingerprint density at radius 3 is 2.61 bits per heavy atom. The average Bonchev–Trinajstić information content (AvgIpc) is 3.06. The monoisotopic (exact) mass is 348 g/mol. The zero-order valence-corrected chi connectivity index (χ0v) is 14.8. The van der Waals surface area contributed by atoms with Gasteiger partial charge in [-0.15, -0.1) is 0 Å². The number of nitrogens with zero attached hydrogens (tertiary/aromatic N) is 1. The fourth-order valence-electron chi connectivity index (χ4n) is 2.91. The van der Waals surface area contributed by atoms with Gasteiger partial charge in [0.15, 0.2) is 0 Å². The highest BCUT2D eigenvalue weighted by atomic mass is 32.2. The molecule has 0 bridgehead atoms. The predicted molar refractivity (Wildman–Crippen MR) is 86.6 cm³/mol. The second-order valence-corrected chi connectivity index (χ2v) is 8.27. The van der Waals surface area contributed by atoms with E-state index in [0.29, 0.717) is 32.5 Å². The summed E-state index contributed by atoms with van der Waals surface area (Å²) in [6, 6.07) is -0.0767. The standard InChI is InChI=1S/C15H28N2O5S/c1-3-23(19,20)16-13-6-8-17(9-7-13)15(18)12(2)22-11-14-5-4-10-21-14/h12-14,16H,3-11H2,1-2H3. The van der Waals surface area contributed by atoms with Crippen molar-refractivity contribution >= 4 is 15.9 Å². The van der Waals surface area contributed by atoms with Crippen LogP contribution >= 0.6 is 0 Å². The minimum Gasteiger partial charge on any atom is -0.376 e. The molecule has 2 heterocycles. The van der Waals surface area contributed by atoms with Gasteiger partial charge in [0.25, 0.3) is 5.91 Å². The number of sulfonamides is 1. The Bertz CT molecular complexity index is 482. The third-order valence-corrected chi connectivity index (χ3v) is 5.89. The third-order valence-electron chi connectivity index (χ3n) is 4.44. The van der Waals surface area contributed by atoms with Crippen LogP contribution in [0.4, 0.5) is 0 Å². The Morgan fingerprint density at radius 1 is 1.35 bits per heavy atom. The van der Waals surface area contributed by atoms with Gasteiger partial charge in [0.2, 0.25) is 10.0 Å². The van der Waals surface area contributed by atoms with Crippen LogP contribution in [-0.4, -0.2) is 69.5 Å². The van der Waals surface area contributed by atoms with Crippen LogP contribution in [0, 0.1) is 0 Å². The lowest BCUT2D eigenvalue weighted by Crippen LogP contribution is -2.49. The number of ether oxygens (including phenoxy) is 2. The molecule has 0 aromatic rings. The lowest BCUT2D eigenvalue weighted by Gasteiger charge is -2.33. The summed E-state index contributed by atoms with van der Waals surface area (Å²) in [7, 11) is -3.18. The van der Waals surface area contributed by atoms with Crippen molar-refractivity contribution in [2.24, 2.45) is 0 Å². The topological polar surface area (TPSA) is 84.9 Å². The van der Waals surface area contributed by atoms with Gasteiger partial charge in [0.05, 0.1) is 18.5 Å². The maximum Gasteiger partial charge on any atom is 0.251 e. The Morgan fingerprint density at radius 2 is 2.04 bits per heavy atom. The summed E-state index contributed by atoms with van der Waals surface area (Å²) in [6.45, 7) is 5.74. The molecule has 0 aromatic heterocycles. The molecule has 2 atom stereocenters. The highest BCUT2D eigenvalue weighted by Gasteiger charge is 2.28. The molecule has 2 saturated heterocycles. The predicted octanol–water partition coefficient (Wildman–Crippen LogP) is 0.501. The summed E-state index contributed by atoms with van der Waals surface area (Å²) < 4.78 is 37.0. The maximum atomic E-state index is 12.4. The van der Waals surface area contributed by atoms with Gasteiger partial charge in [-0.2, -0.15) is 0 Å². The summed E-state index contributed by atoms with van der Waals surface area (Å²) >= 11 is 0. The number of likely N-dealkylation sites (tertiary alicyclic amines) is 1. The van der Waals surface area contributed by atoms with Crippen molar-refractivity contribution in [3.8, 4) is 0 Å². The number of piperidine rings is 1. The molecule has 0 aliphatic carbocycles. The number of carbonyl (C=O) groups is 1. The first-order chi connectivity index (χ1) is 10.9. The number of amides is 1. The molecule has 0 saturated carbocycles. The Kier molecular flexibility index (Phi) is 6.82. The SMILES string of the molecule is CCS(=O)(=O)NC1CCN(C(=O)C(C)OCC2CCCO2)CC1. The molecule has 7 nitrogen and oxygen atoms in total. The van der Waals surface area contributed by atoms with Gasteiger partial charge in [0, 0.05) is 25.7 Å². The van der Waals surface area contributed by atoms with Crippen molar-refractivity contribution in [1.82, 2.24) is 9.62 Å². The molecule has 8 heteroatoms. The molecule has 23 heavy (non-hydrogen) atoms. The first kappa shape index (κ1) is 18.6. The van der Waals surface area contributed by atoms with E-state index in [2.05, 4.69) is 4.72 Å². The molecule has 1 N–H and O–H groups in total. The zero-order chi connectivity index (χ0) is 16.9. The van der Waals surface area contributed by atoms with Gasteiger partial charge in [-0.05, 0) is 39.5 Å². The Hall–Kier alpha value is -0.700. The first-order valence-corrected chi connectivity index (χ1v) is 10.1. The second-order valence-electron chi connectivity index (χ2n) is 6.23. The van der Waals surface area contributed by atoms with Gasteiger partial charge in [-0.1, -0.05) is 0 Å². The number of hydrogen-bond donors (Lipinski definition) is 1. The summed E-state index contributed by atoms with van der Waals surface area (Å²) in [5.74, 6) is 0.0556. The minimum absolute atomic E-state index is 0.0280. The molecule has 2 fully saturated rings. The van der Waals surface area contributed by atoms with Gasteiger partial charge in [-0.25, -0.2) is 13.1 Å². The van der Waals surface area contributed by atoms with E-state index in [1.807, 2.05) is 0 Å². The molecule has 0 spiro atoms. The molecule has 2 rings (SSSR count). The highest BCUT2D eigenvalue weighted by Crippen LogP contribution is 2.16. The van der Waals surface area contributed by atoms with E-state index in [0.717, 1.165) is 19.4 Å². The van der Waals surface area contributed by atoms with Crippen LogP contribution in [0.3, 0.4) is 0 Å². The zero-order valence-electron chi connectivity index (χ0n) is 14.0. The summed E-state index contributed by atoms with van der Waals surface area (Å²) in [5, 5.41) is 0. The van der Waals surface area contributed by atoms with Crippen LogP contribution in [0.5, 0.6) is 0 Å². The van der Waals surface area contributed by atoms with Gasteiger partial charge < -0.3 is 14.4 Å². The molecule has 1 amide bonds. The highest BCUT2D eigenvalue weighted by molar-refractivity contribution is 7.89. The average molecular weight is 348 g/mol. The van der Waals surface area contributed by atoms with E-state index in [1.54, 1.807) is 18.7 Å². The normalized spacial score (nSPS) is 24.8. The van der Waals surface area contributed by atoms with Crippen LogP contribution in [0.2, 0.25) is 0 Å². The Balaban J connectivity index is 1.72. The van der Waals surface area contributed by atoms with Crippen molar-refractivity contribution in [3.05, 3.63) is 0 Å². The van der Waals surface area contributed by atoms with E-state index in [1.165, 1.54) is 0 Å². The second kappa shape index (κ2) is 8.41. The summed E-state index contributed by atoms with van der Waals surface area (Å²) in [6.07, 6.45) is 2.95. The molecule has 0 aromatic carbocycles. The fraction of sp³-hybridized carbons (Fsp3) is 0.933. The van der Waals surface area contributed by atoms with Gasteiger partial charge in [-0.3, -0.25) is 4.79 Å². The van der Waals surface area contributed by atoms with E-state index in [4.69, 9.17) is 9.47 Å². The van der Waals surface area contributed by atoms with E-state index >= 15 is 0 Å². The molecule has 134 valence electrons. The van der Waals surface area contributed by atoms with Crippen molar-refractivity contribution in [2.45, 2.75) is 57.8 Å². The summed E-state index contributed by atoms with van der Waals surface area (Å²) in [5.41, 5.74) is 0. The van der Waals surface area contributed by atoms with Crippen LogP contribution in [-0.2, 0) is 24.3 Å². The van der Waals surface area contributed by atoms with Crippen LogP contribution in [0.25, 0.3) is 0 Å². The van der Waals surface area contributed by atoms with Crippen molar-refractivity contribution in [2.75, 3.05) is 32.1 Å². The van der Waals surface area contributed by atoms with Gasteiger partial charge >= 0.3 is 0 Å². The van der Waals surface area contributed by atoms with E-state index in [9.17, 15) is 13.2 Å². The molecular weight excluding hydrogens is 320 g/mol. The quantitative estimate of drug-likeness (QED) is 0.724. The van der Waals surface area contributed by atoms with Crippen LogP contribution in [0.1, 0.15) is 39.5 Å². The molecular formula is C15H28N2O5S. The van der Waals surface area contributed by atoms with Crippen molar-refractivity contribution in [3.63, 3.8) is 0 Å². The van der Waals surface area contributed by atoms with E-state index < -0.39 is 16.1 Å². The summed E-state index contributed by atoms with van der Waals surface area (Å²) in [4.78, 5) is 14.1. The smallest absolute Gasteiger partial charge is 0.251 e. The third kappa shape index (κ3) is 5.70. The van der Waals surface area contributed by atoms with Crippen LogP contribution in [0.15, 0.2) is 0 Å². The van der Waals surface area contributed by atoms with Crippen molar-refractivity contribution < 1.29 is 22.7 Å². The number of hydrogen-bond acceptors (Lipinski definition) is 5.